The Morgan fingerprint density at radius 3 is 2.03 bits per heavy atom. The Morgan fingerprint density at radius 1 is 0.872 bits per heavy atom. The number of hydrogen-bond donors (Lipinski definition) is 1. The zero-order valence-corrected chi connectivity index (χ0v) is 23.7. The van der Waals surface area contributed by atoms with Gasteiger partial charge in [-0.25, -0.2) is 8.42 Å². The van der Waals surface area contributed by atoms with Gasteiger partial charge in [-0.05, 0) is 69.2 Å². The number of hydrogen-bond acceptors (Lipinski definition) is 5. The third-order valence-corrected chi connectivity index (χ3v) is 8.20. The van der Waals surface area contributed by atoms with E-state index < -0.39 is 28.5 Å². The van der Waals surface area contributed by atoms with Gasteiger partial charge in [-0.2, -0.15) is 0 Å². The summed E-state index contributed by atoms with van der Waals surface area (Å²) < 4.78 is 34.2. The van der Waals surface area contributed by atoms with E-state index in [4.69, 9.17) is 4.74 Å². The maximum absolute atomic E-state index is 13.9. The first-order valence-electron chi connectivity index (χ1n) is 13.1. The first kappa shape index (κ1) is 29.7. The van der Waals surface area contributed by atoms with Crippen molar-refractivity contribution in [3.05, 3.63) is 90.5 Å². The Hall–Kier alpha value is -3.85. The molecule has 0 aromatic heterocycles. The summed E-state index contributed by atoms with van der Waals surface area (Å²) in [6.07, 6.45) is 0.743. The molecule has 0 spiro atoms. The molecule has 1 N–H and O–H groups in total. The zero-order valence-electron chi connectivity index (χ0n) is 22.9. The Balaban J connectivity index is 1.97. The van der Waals surface area contributed by atoms with Crippen LogP contribution < -0.4 is 14.4 Å². The van der Waals surface area contributed by atoms with Crippen molar-refractivity contribution in [3.8, 4) is 5.75 Å². The van der Waals surface area contributed by atoms with Crippen LogP contribution in [0.25, 0.3) is 0 Å². The van der Waals surface area contributed by atoms with Gasteiger partial charge in [-0.15, -0.1) is 0 Å². The molecule has 2 atom stereocenters. The number of carbonyl (C=O) groups excluding carboxylic acids is 2. The van der Waals surface area contributed by atoms with Gasteiger partial charge in [0.15, 0.2) is 0 Å². The predicted octanol–water partition coefficient (Wildman–Crippen LogP) is 4.61. The van der Waals surface area contributed by atoms with Crippen molar-refractivity contribution in [1.29, 1.82) is 0 Å². The fraction of sp³-hybridized carbons (Fsp3) is 0.333. The van der Waals surface area contributed by atoms with E-state index >= 15 is 0 Å². The lowest BCUT2D eigenvalue weighted by Crippen LogP contribution is -2.52. The number of sulfonamides is 1. The van der Waals surface area contributed by atoms with Crippen molar-refractivity contribution in [2.75, 3.05) is 17.5 Å². The molecule has 8 nitrogen and oxygen atoms in total. The third-order valence-electron chi connectivity index (χ3n) is 6.41. The van der Waals surface area contributed by atoms with Crippen LogP contribution in [-0.2, 0) is 26.2 Å². The standard InChI is InChI=1S/C30H37N3O5S/c1-5-23(3)31-30(35)24(4)32(21-25-13-9-7-10-14-25)29(34)22-33(26-15-11-8-12-16-26)39(36,37)28-19-17-27(18-20-28)38-6-2/h7-20,23-24H,5-6,21-22H2,1-4H3,(H,31,35)/t23-,24-/m1/s1. The van der Waals surface area contributed by atoms with E-state index in [2.05, 4.69) is 5.32 Å². The van der Waals surface area contributed by atoms with Gasteiger partial charge in [0.05, 0.1) is 17.2 Å². The van der Waals surface area contributed by atoms with Gasteiger partial charge in [0, 0.05) is 12.6 Å². The molecule has 0 unspecified atom stereocenters. The molecule has 0 bridgehead atoms. The fourth-order valence-corrected chi connectivity index (χ4v) is 5.37. The number of para-hydroxylation sites is 1. The second kappa shape index (κ2) is 13.8. The number of carbonyl (C=O) groups is 2. The maximum atomic E-state index is 13.9. The van der Waals surface area contributed by atoms with Gasteiger partial charge in [-0.1, -0.05) is 55.5 Å². The smallest absolute Gasteiger partial charge is 0.264 e. The van der Waals surface area contributed by atoms with Gasteiger partial charge in [0.2, 0.25) is 11.8 Å². The SMILES string of the molecule is CCOc1ccc(S(=O)(=O)N(CC(=O)N(Cc2ccccc2)[C@H](C)C(=O)N[C@H](C)CC)c2ccccc2)cc1. The van der Waals surface area contributed by atoms with Gasteiger partial charge in [-0.3, -0.25) is 13.9 Å². The van der Waals surface area contributed by atoms with Crippen molar-refractivity contribution < 1.29 is 22.7 Å². The van der Waals surface area contributed by atoms with E-state index in [-0.39, 0.29) is 23.4 Å². The Bertz CT molecular complexity index is 1320. The normalized spacial score (nSPS) is 12.7. The molecule has 0 aliphatic rings. The minimum Gasteiger partial charge on any atom is -0.494 e. The third kappa shape index (κ3) is 7.83. The monoisotopic (exact) mass is 551 g/mol. The number of amides is 2. The Morgan fingerprint density at radius 2 is 1.46 bits per heavy atom. The van der Waals surface area contributed by atoms with Crippen LogP contribution in [0.2, 0.25) is 0 Å². The highest BCUT2D eigenvalue weighted by molar-refractivity contribution is 7.92. The van der Waals surface area contributed by atoms with Crippen LogP contribution in [0.3, 0.4) is 0 Å². The van der Waals surface area contributed by atoms with Crippen LogP contribution in [0.1, 0.15) is 39.7 Å². The minimum atomic E-state index is -4.13. The lowest BCUT2D eigenvalue weighted by molar-refractivity contribution is -0.139. The molecule has 0 fully saturated rings. The van der Waals surface area contributed by atoms with Crippen LogP contribution in [0.4, 0.5) is 5.69 Å². The molecule has 208 valence electrons. The molecular formula is C30H37N3O5S. The summed E-state index contributed by atoms with van der Waals surface area (Å²) in [6, 6.07) is 23.0. The van der Waals surface area contributed by atoms with Gasteiger partial charge < -0.3 is 15.0 Å². The van der Waals surface area contributed by atoms with Gasteiger partial charge in [0.25, 0.3) is 10.0 Å². The zero-order chi connectivity index (χ0) is 28.4. The van der Waals surface area contributed by atoms with Crippen LogP contribution in [0.5, 0.6) is 5.75 Å². The summed E-state index contributed by atoms with van der Waals surface area (Å²) in [5.41, 5.74) is 1.17. The number of nitrogens with zero attached hydrogens (tertiary/aromatic N) is 2. The summed E-state index contributed by atoms with van der Waals surface area (Å²) >= 11 is 0. The lowest BCUT2D eigenvalue weighted by Gasteiger charge is -2.32. The van der Waals surface area contributed by atoms with Crippen LogP contribution >= 0.6 is 0 Å². The highest BCUT2D eigenvalue weighted by atomic mass is 32.2. The molecule has 0 saturated carbocycles. The van der Waals surface area contributed by atoms with Crippen molar-refractivity contribution in [2.24, 2.45) is 0 Å². The second-order valence-corrected chi connectivity index (χ2v) is 11.1. The quantitative estimate of drug-likeness (QED) is 0.335. The van der Waals surface area contributed by atoms with Crippen LogP contribution in [-0.4, -0.2) is 50.4 Å². The van der Waals surface area contributed by atoms with E-state index in [0.717, 1.165) is 16.3 Å². The number of nitrogens with one attached hydrogen (secondary N) is 1. The van der Waals surface area contributed by atoms with Crippen LogP contribution in [0, 0.1) is 0 Å². The van der Waals surface area contributed by atoms with Crippen LogP contribution in [0.15, 0.2) is 89.8 Å². The average Bonchev–Trinajstić information content (AvgIpc) is 2.95. The van der Waals surface area contributed by atoms with Gasteiger partial charge in [0.1, 0.15) is 18.3 Å². The van der Waals surface area contributed by atoms with E-state index in [0.29, 0.717) is 18.0 Å². The fourth-order valence-electron chi connectivity index (χ4n) is 3.95. The molecule has 0 heterocycles. The number of anilines is 1. The molecule has 9 heteroatoms. The second-order valence-electron chi connectivity index (χ2n) is 9.25. The molecule has 3 aromatic rings. The maximum Gasteiger partial charge on any atom is 0.264 e. The summed E-state index contributed by atoms with van der Waals surface area (Å²) in [5, 5.41) is 2.93. The summed E-state index contributed by atoms with van der Waals surface area (Å²) in [6.45, 7) is 7.50. The molecule has 3 rings (SSSR count). The molecule has 0 aliphatic heterocycles. The molecule has 2 amide bonds. The summed E-state index contributed by atoms with van der Waals surface area (Å²) in [4.78, 5) is 28.4. The van der Waals surface area contributed by atoms with Crippen molar-refractivity contribution in [3.63, 3.8) is 0 Å². The van der Waals surface area contributed by atoms with Crippen molar-refractivity contribution in [1.82, 2.24) is 10.2 Å². The highest BCUT2D eigenvalue weighted by Gasteiger charge is 2.32. The lowest BCUT2D eigenvalue weighted by atomic mass is 10.1. The first-order chi connectivity index (χ1) is 18.7. The van der Waals surface area contributed by atoms with Gasteiger partial charge >= 0.3 is 0 Å². The van der Waals surface area contributed by atoms with Crippen molar-refractivity contribution >= 4 is 27.5 Å². The average molecular weight is 552 g/mol. The molecule has 39 heavy (non-hydrogen) atoms. The van der Waals surface area contributed by atoms with E-state index in [1.165, 1.54) is 17.0 Å². The summed E-state index contributed by atoms with van der Waals surface area (Å²) in [7, 11) is -4.13. The van der Waals surface area contributed by atoms with E-state index in [9.17, 15) is 18.0 Å². The summed E-state index contributed by atoms with van der Waals surface area (Å²) in [5.74, 6) is -0.243. The number of rotatable bonds is 13. The Labute approximate surface area is 231 Å². The largest absolute Gasteiger partial charge is 0.494 e. The van der Waals surface area contributed by atoms with Crippen molar-refractivity contribution in [2.45, 2.75) is 57.6 Å². The number of ether oxygens (including phenoxy) is 1. The molecule has 0 aliphatic carbocycles. The number of benzene rings is 3. The Kier molecular flexibility index (Phi) is 10.5. The topological polar surface area (TPSA) is 96.0 Å². The molecule has 0 saturated heterocycles. The molecule has 3 aromatic carbocycles. The highest BCUT2D eigenvalue weighted by Crippen LogP contribution is 2.26. The van der Waals surface area contributed by atoms with E-state index in [1.54, 1.807) is 49.4 Å². The molecular weight excluding hydrogens is 514 g/mol. The minimum absolute atomic E-state index is 0.0276. The van der Waals surface area contributed by atoms with E-state index in [1.807, 2.05) is 51.1 Å². The molecule has 0 radical (unpaired) electrons. The predicted molar refractivity (Wildman–Crippen MR) is 153 cm³/mol. The first-order valence-corrected chi connectivity index (χ1v) is 14.6.